The molecule has 0 unspecified atom stereocenters. The molecule has 26 heavy (non-hydrogen) atoms. The molecule has 7 nitrogen and oxygen atoms in total. The number of aromatic nitrogens is 5. The number of imidazole rings is 1. The molecule has 3 aromatic heterocycles. The molecule has 4 aromatic rings. The highest BCUT2D eigenvalue weighted by molar-refractivity contribution is 5.59. The minimum atomic E-state index is 0.475. The van der Waals surface area contributed by atoms with Crippen LogP contribution in [0.5, 0.6) is 5.75 Å². The molecule has 0 amide bonds. The standard InChI is InChI=1S/C19H18N6O/c1-26-17-4-2-3-16(10-17)25-13-14(11-23-25)12-24-8-7-22-19(24)15-5-6-21-18(20)9-15/h2-11,13H,12H2,1H3,(H2,20,21). The van der Waals surface area contributed by atoms with Crippen LogP contribution in [-0.4, -0.2) is 31.4 Å². The van der Waals surface area contributed by atoms with Gasteiger partial charge in [-0.25, -0.2) is 14.6 Å². The smallest absolute Gasteiger partial charge is 0.140 e. The molecule has 0 saturated heterocycles. The average Bonchev–Trinajstić information content (AvgIpc) is 3.32. The number of rotatable bonds is 5. The van der Waals surface area contributed by atoms with Crippen LogP contribution in [0.25, 0.3) is 17.1 Å². The third-order valence-corrected chi connectivity index (χ3v) is 4.06. The van der Waals surface area contributed by atoms with Crippen molar-refractivity contribution in [1.29, 1.82) is 0 Å². The highest BCUT2D eigenvalue weighted by Gasteiger charge is 2.09. The molecule has 0 radical (unpaired) electrons. The maximum Gasteiger partial charge on any atom is 0.140 e. The fourth-order valence-corrected chi connectivity index (χ4v) is 2.82. The number of pyridine rings is 1. The predicted molar refractivity (Wildman–Crippen MR) is 99.1 cm³/mol. The lowest BCUT2D eigenvalue weighted by molar-refractivity contribution is 0.414. The molecule has 0 atom stereocenters. The van der Waals surface area contributed by atoms with Crippen molar-refractivity contribution in [3.8, 4) is 22.8 Å². The molecule has 3 heterocycles. The fraction of sp³-hybridized carbons (Fsp3) is 0.105. The summed E-state index contributed by atoms with van der Waals surface area (Å²) in [5, 5.41) is 4.46. The molecule has 0 aliphatic carbocycles. The van der Waals surface area contributed by atoms with Gasteiger partial charge in [-0.15, -0.1) is 0 Å². The molecule has 2 N–H and O–H groups in total. The van der Waals surface area contributed by atoms with Crippen molar-refractivity contribution < 1.29 is 4.74 Å². The van der Waals surface area contributed by atoms with Crippen LogP contribution in [0.4, 0.5) is 5.82 Å². The Kier molecular flexibility index (Phi) is 4.10. The van der Waals surface area contributed by atoms with Crippen LogP contribution in [0, 0.1) is 0 Å². The van der Waals surface area contributed by atoms with E-state index in [0.717, 1.165) is 28.4 Å². The molecule has 0 saturated carbocycles. The van der Waals surface area contributed by atoms with E-state index in [4.69, 9.17) is 10.5 Å². The van der Waals surface area contributed by atoms with Crippen LogP contribution in [0.1, 0.15) is 5.56 Å². The summed E-state index contributed by atoms with van der Waals surface area (Å²) in [7, 11) is 1.65. The molecule has 4 rings (SSSR count). The minimum absolute atomic E-state index is 0.475. The highest BCUT2D eigenvalue weighted by atomic mass is 16.5. The maximum atomic E-state index is 5.79. The molecule has 0 aliphatic heterocycles. The minimum Gasteiger partial charge on any atom is -0.497 e. The van der Waals surface area contributed by atoms with Gasteiger partial charge in [-0.05, 0) is 24.3 Å². The first kappa shape index (κ1) is 15.9. The average molecular weight is 346 g/mol. The van der Waals surface area contributed by atoms with E-state index in [9.17, 15) is 0 Å². The topological polar surface area (TPSA) is 83.8 Å². The molecule has 0 aliphatic rings. The number of nitrogens with zero attached hydrogens (tertiary/aromatic N) is 5. The molecular weight excluding hydrogens is 328 g/mol. The Hall–Kier alpha value is -3.61. The summed E-state index contributed by atoms with van der Waals surface area (Å²) in [5.41, 5.74) is 8.73. The molecular formula is C19H18N6O. The molecule has 130 valence electrons. The Morgan fingerprint density at radius 2 is 2.04 bits per heavy atom. The summed E-state index contributed by atoms with van der Waals surface area (Å²) < 4.78 is 9.16. The van der Waals surface area contributed by atoms with E-state index in [-0.39, 0.29) is 0 Å². The van der Waals surface area contributed by atoms with Crippen LogP contribution in [-0.2, 0) is 6.54 Å². The Bertz CT molecular complexity index is 1040. The summed E-state index contributed by atoms with van der Waals surface area (Å²) in [6, 6.07) is 11.5. The molecule has 0 bridgehead atoms. The van der Waals surface area contributed by atoms with Crippen molar-refractivity contribution in [2.45, 2.75) is 6.54 Å². The van der Waals surface area contributed by atoms with Gasteiger partial charge in [0.15, 0.2) is 0 Å². The van der Waals surface area contributed by atoms with Gasteiger partial charge in [-0.3, -0.25) is 0 Å². The normalized spacial score (nSPS) is 10.8. The first-order valence-electron chi connectivity index (χ1n) is 8.14. The SMILES string of the molecule is COc1cccc(-n2cc(Cn3ccnc3-c3ccnc(N)c3)cn2)c1. The van der Waals surface area contributed by atoms with Gasteiger partial charge < -0.3 is 15.0 Å². The highest BCUT2D eigenvalue weighted by Crippen LogP contribution is 2.20. The zero-order chi connectivity index (χ0) is 17.9. The van der Waals surface area contributed by atoms with E-state index in [1.54, 1.807) is 19.5 Å². The van der Waals surface area contributed by atoms with Gasteiger partial charge in [0.25, 0.3) is 0 Å². The third-order valence-electron chi connectivity index (χ3n) is 4.06. The summed E-state index contributed by atoms with van der Waals surface area (Å²) in [4.78, 5) is 8.48. The molecule has 1 aromatic carbocycles. The van der Waals surface area contributed by atoms with Gasteiger partial charge in [0, 0.05) is 42.0 Å². The second-order valence-corrected chi connectivity index (χ2v) is 5.84. The van der Waals surface area contributed by atoms with Gasteiger partial charge >= 0.3 is 0 Å². The Labute approximate surface area is 150 Å². The number of nitrogens with two attached hydrogens (primary N) is 1. The van der Waals surface area contributed by atoms with Crippen LogP contribution < -0.4 is 10.5 Å². The first-order chi connectivity index (χ1) is 12.7. The Balaban J connectivity index is 1.60. The second-order valence-electron chi connectivity index (χ2n) is 5.84. The van der Waals surface area contributed by atoms with Gasteiger partial charge in [-0.1, -0.05) is 6.07 Å². The molecule has 7 heteroatoms. The third kappa shape index (κ3) is 3.14. The lowest BCUT2D eigenvalue weighted by Crippen LogP contribution is -2.01. The number of ether oxygens (including phenoxy) is 1. The van der Waals surface area contributed by atoms with Gasteiger partial charge in [0.2, 0.25) is 0 Å². The van der Waals surface area contributed by atoms with E-state index >= 15 is 0 Å². The summed E-state index contributed by atoms with van der Waals surface area (Å²) in [5.74, 6) is 2.11. The number of hydrogen-bond donors (Lipinski definition) is 1. The second kappa shape index (κ2) is 6.72. The van der Waals surface area contributed by atoms with Crippen LogP contribution in [0.3, 0.4) is 0 Å². The monoisotopic (exact) mass is 346 g/mol. The maximum absolute atomic E-state index is 5.79. The number of anilines is 1. The Morgan fingerprint density at radius 1 is 1.12 bits per heavy atom. The van der Waals surface area contributed by atoms with Crippen LogP contribution in [0.2, 0.25) is 0 Å². The van der Waals surface area contributed by atoms with E-state index in [1.165, 1.54) is 0 Å². The van der Waals surface area contributed by atoms with E-state index in [2.05, 4.69) is 19.6 Å². The first-order valence-corrected chi connectivity index (χ1v) is 8.14. The van der Waals surface area contributed by atoms with Gasteiger partial charge in [0.05, 0.1) is 25.5 Å². The van der Waals surface area contributed by atoms with E-state index < -0.39 is 0 Å². The summed E-state index contributed by atoms with van der Waals surface area (Å²) in [6.07, 6.45) is 9.25. The number of benzene rings is 1. The molecule has 0 spiro atoms. The largest absolute Gasteiger partial charge is 0.497 e. The van der Waals surface area contributed by atoms with Crippen LogP contribution in [0.15, 0.2) is 67.4 Å². The number of nitrogen functional groups attached to an aromatic ring is 1. The van der Waals surface area contributed by atoms with Crippen molar-refractivity contribution in [3.05, 3.63) is 72.9 Å². The molecule has 0 fully saturated rings. The summed E-state index contributed by atoms with van der Waals surface area (Å²) in [6.45, 7) is 0.654. The number of methoxy groups -OCH3 is 1. The fourth-order valence-electron chi connectivity index (χ4n) is 2.82. The lowest BCUT2D eigenvalue weighted by atomic mass is 10.2. The van der Waals surface area contributed by atoms with E-state index in [1.807, 2.05) is 59.7 Å². The van der Waals surface area contributed by atoms with Crippen molar-refractivity contribution in [1.82, 2.24) is 24.3 Å². The summed E-state index contributed by atoms with van der Waals surface area (Å²) >= 11 is 0. The van der Waals surface area contributed by atoms with Crippen LogP contribution >= 0.6 is 0 Å². The van der Waals surface area contributed by atoms with Gasteiger partial charge in [0.1, 0.15) is 17.4 Å². The zero-order valence-electron chi connectivity index (χ0n) is 14.3. The quantitative estimate of drug-likeness (QED) is 0.601. The Morgan fingerprint density at radius 3 is 2.88 bits per heavy atom. The van der Waals surface area contributed by atoms with Crippen molar-refractivity contribution in [3.63, 3.8) is 0 Å². The predicted octanol–water partition coefficient (Wildman–Crippen LogP) is 2.77. The lowest BCUT2D eigenvalue weighted by Gasteiger charge is -2.07. The number of hydrogen-bond acceptors (Lipinski definition) is 5. The van der Waals surface area contributed by atoms with Crippen molar-refractivity contribution in [2.75, 3.05) is 12.8 Å². The van der Waals surface area contributed by atoms with Crippen molar-refractivity contribution in [2.24, 2.45) is 0 Å². The zero-order valence-corrected chi connectivity index (χ0v) is 14.3. The van der Waals surface area contributed by atoms with Gasteiger partial charge in [-0.2, -0.15) is 5.10 Å². The van der Waals surface area contributed by atoms with Crippen molar-refractivity contribution >= 4 is 5.82 Å². The van der Waals surface area contributed by atoms with E-state index in [0.29, 0.717) is 12.4 Å².